The summed E-state index contributed by atoms with van der Waals surface area (Å²) in [6.07, 6.45) is 6.67. The van der Waals surface area contributed by atoms with Gasteiger partial charge in [0.15, 0.2) is 23.3 Å². The fraction of sp³-hybridized carbons (Fsp3) is 0.543. The molecule has 1 heterocycles. The highest BCUT2D eigenvalue weighted by molar-refractivity contribution is 5.79. The Kier molecular flexibility index (Phi) is 11.9. The zero-order valence-corrected chi connectivity index (χ0v) is 27.2. The van der Waals surface area contributed by atoms with Crippen LogP contribution in [0.3, 0.4) is 0 Å². The van der Waals surface area contributed by atoms with Crippen LogP contribution in [-0.2, 0) is 22.5 Å². The SMILES string of the molecule is CCCCOc1ccc(C[C@H](NC(=O)C2CCC(C(C)(C)C)CC2)c2nc(-c3c(F)c(F)c(F)c(F)c3F)cn2CCOC)cc1. The van der Waals surface area contributed by atoms with Crippen molar-refractivity contribution in [1.82, 2.24) is 14.9 Å². The van der Waals surface area contributed by atoms with Crippen LogP contribution in [0.1, 0.15) is 83.6 Å². The Morgan fingerprint density at radius 3 is 2.13 bits per heavy atom. The number of carbonyl (C=O) groups excluding carboxylic acids is 1. The maximum atomic E-state index is 14.9. The molecule has 1 N–H and O–H groups in total. The molecule has 0 bridgehead atoms. The number of rotatable bonds is 13. The van der Waals surface area contributed by atoms with Crippen molar-refractivity contribution in [2.45, 2.75) is 85.2 Å². The maximum Gasteiger partial charge on any atom is 0.223 e. The summed E-state index contributed by atoms with van der Waals surface area (Å²) in [4.78, 5) is 18.1. The topological polar surface area (TPSA) is 65.4 Å². The predicted molar refractivity (Wildman–Crippen MR) is 166 cm³/mol. The summed E-state index contributed by atoms with van der Waals surface area (Å²) in [6.45, 7) is 9.60. The van der Waals surface area contributed by atoms with Crippen molar-refractivity contribution in [1.29, 1.82) is 0 Å². The van der Waals surface area contributed by atoms with E-state index in [1.54, 1.807) is 0 Å². The molecule has 1 fully saturated rings. The van der Waals surface area contributed by atoms with E-state index in [0.717, 1.165) is 44.1 Å². The van der Waals surface area contributed by atoms with E-state index < -0.39 is 46.4 Å². The number of benzene rings is 2. The van der Waals surface area contributed by atoms with Gasteiger partial charge in [-0.1, -0.05) is 46.2 Å². The molecule has 1 saturated carbocycles. The molecule has 1 aliphatic carbocycles. The first kappa shape index (κ1) is 35.4. The molecule has 0 spiro atoms. The highest BCUT2D eigenvalue weighted by Gasteiger charge is 2.34. The zero-order chi connectivity index (χ0) is 33.6. The van der Waals surface area contributed by atoms with E-state index in [9.17, 15) is 26.7 Å². The lowest BCUT2D eigenvalue weighted by Crippen LogP contribution is -2.39. The highest BCUT2D eigenvalue weighted by atomic mass is 19.2. The number of imidazole rings is 1. The van der Waals surface area contributed by atoms with E-state index in [1.807, 2.05) is 24.3 Å². The molecule has 3 aromatic rings. The van der Waals surface area contributed by atoms with Gasteiger partial charge in [0, 0.05) is 25.8 Å². The number of methoxy groups -OCH3 is 1. The molecule has 0 radical (unpaired) electrons. The quantitative estimate of drug-likeness (QED) is 0.0876. The third-order valence-corrected chi connectivity index (χ3v) is 8.89. The monoisotopic (exact) mass is 649 g/mol. The standard InChI is InChI=1S/C35H44F5N3O3/c1-6-7-17-46-24-14-8-21(9-15-24)19-25(42-34(44)22-10-12-23(13-11-22)35(2,3)4)33-41-26(20-43(33)16-18-45-5)27-28(36)30(38)32(40)31(39)29(27)37/h8-9,14-15,20,22-23,25H,6-7,10-13,16-19H2,1-5H3,(H,42,44)/t22?,23?,25-/m0/s1. The first-order valence-electron chi connectivity index (χ1n) is 16.0. The van der Waals surface area contributed by atoms with Crippen LogP contribution in [0.5, 0.6) is 5.75 Å². The van der Waals surface area contributed by atoms with Gasteiger partial charge in [0.1, 0.15) is 11.6 Å². The number of hydrogen-bond donors (Lipinski definition) is 1. The normalized spacial score (nSPS) is 17.6. The van der Waals surface area contributed by atoms with E-state index in [2.05, 4.69) is 38.0 Å². The first-order chi connectivity index (χ1) is 21.8. The Balaban J connectivity index is 1.70. The Bertz CT molecular complexity index is 1450. The fourth-order valence-corrected chi connectivity index (χ4v) is 6.04. The van der Waals surface area contributed by atoms with Gasteiger partial charge in [-0.3, -0.25) is 4.79 Å². The van der Waals surface area contributed by atoms with E-state index in [4.69, 9.17) is 9.47 Å². The van der Waals surface area contributed by atoms with Crippen molar-refractivity contribution < 1.29 is 36.2 Å². The van der Waals surface area contributed by atoms with Crippen LogP contribution in [-0.4, -0.2) is 35.8 Å². The lowest BCUT2D eigenvalue weighted by Gasteiger charge is -2.36. The van der Waals surface area contributed by atoms with Gasteiger partial charge in [0.25, 0.3) is 0 Å². The van der Waals surface area contributed by atoms with Gasteiger partial charge in [0.2, 0.25) is 11.7 Å². The van der Waals surface area contributed by atoms with Gasteiger partial charge < -0.3 is 19.4 Å². The number of amides is 1. The summed E-state index contributed by atoms with van der Waals surface area (Å²) in [5, 5.41) is 3.11. The predicted octanol–water partition coefficient (Wildman–Crippen LogP) is 8.32. The molecule has 1 atom stereocenters. The zero-order valence-electron chi connectivity index (χ0n) is 27.2. The minimum absolute atomic E-state index is 0.142. The molecule has 6 nitrogen and oxygen atoms in total. The average Bonchev–Trinajstić information content (AvgIpc) is 3.45. The summed E-state index contributed by atoms with van der Waals surface area (Å²) < 4.78 is 84.4. The molecule has 0 aliphatic heterocycles. The van der Waals surface area contributed by atoms with Crippen molar-refractivity contribution in [2.75, 3.05) is 20.3 Å². The van der Waals surface area contributed by atoms with Crippen LogP contribution in [0, 0.1) is 46.3 Å². The van der Waals surface area contributed by atoms with Crippen molar-refractivity contribution >= 4 is 5.91 Å². The molecule has 11 heteroatoms. The van der Waals surface area contributed by atoms with Crippen LogP contribution in [0.15, 0.2) is 30.5 Å². The van der Waals surface area contributed by atoms with Crippen molar-refractivity contribution in [2.24, 2.45) is 17.3 Å². The molecular formula is C35H44F5N3O3. The molecule has 4 rings (SSSR count). The summed E-state index contributed by atoms with van der Waals surface area (Å²) in [6, 6.07) is 6.60. The number of carbonyl (C=O) groups is 1. The van der Waals surface area contributed by atoms with Crippen LogP contribution in [0.2, 0.25) is 0 Å². The smallest absolute Gasteiger partial charge is 0.223 e. The van der Waals surface area contributed by atoms with Gasteiger partial charge in [-0.25, -0.2) is 26.9 Å². The van der Waals surface area contributed by atoms with Crippen molar-refractivity contribution in [3.63, 3.8) is 0 Å². The molecule has 1 aromatic heterocycles. The van der Waals surface area contributed by atoms with Gasteiger partial charge >= 0.3 is 0 Å². The Hall–Kier alpha value is -3.47. The second kappa shape index (κ2) is 15.4. The third-order valence-electron chi connectivity index (χ3n) is 8.89. The lowest BCUT2D eigenvalue weighted by molar-refractivity contribution is -0.127. The lowest BCUT2D eigenvalue weighted by atomic mass is 9.69. The van der Waals surface area contributed by atoms with E-state index in [1.165, 1.54) is 17.9 Å². The number of nitrogens with one attached hydrogen (secondary N) is 1. The summed E-state index contributed by atoms with van der Waals surface area (Å²) in [5.74, 6) is -9.31. The number of hydrogen-bond acceptors (Lipinski definition) is 4. The largest absolute Gasteiger partial charge is 0.494 e. The Morgan fingerprint density at radius 2 is 1.57 bits per heavy atom. The number of halogens is 5. The second-order valence-corrected chi connectivity index (χ2v) is 13.1. The van der Waals surface area contributed by atoms with E-state index in [0.29, 0.717) is 18.3 Å². The Labute approximate surface area is 267 Å². The van der Waals surface area contributed by atoms with Crippen LogP contribution in [0.25, 0.3) is 11.3 Å². The van der Waals surface area contributed by atoms with Gasteiger partial charge in [-0.2, -0.15) is 0 Å². The molecule has 1 aliphatic rings. The van der Waals surface area contributed by atoms with E-state index >= 15 is 0 Å². The van der Waals surface area contributed by atoms with Crippen LogP contribution < -0.4 is 10.1 Å². The molecular weight excluding hydrogens is 605 g/mol. The number of ether oxygens (including phenoxy) is 2. The summed E-state index contributed by atoms with van der Waals surface area (Å²) in [5.41, 5.74) is -0.608. The minimum atomic E-state index is -2.24. The molecule has 2 aromatic carbocycles. The first-order valence-corrected chi connectivity index (χ1v) is 16.0. The fourth-order valence-electron chi connectivity index (χ4n) is 6.04. The molecule has 46 heavy (non-hydrogen) atoms. The summed E-state index contributed by atoms with van der Waals surface area (Å²) in [7, 11) is 1.47. The second-order valence-electron chi connectivity index (χ2n) is 13.1. The number of nitrogens with zero attached hydrogens (tertiary/aromatic N) is 2. The number of aromatic nitrogens is 2. The van der Waals surface area contributed by atoms with Gasteiger partial charge in [-0.15, -0.1) is 0 Å². The minimum Gasteiger partial charge on any atom is -0.494 e. The average molecular weight is 650 g/mol. The summed E-state index contributed by atoms with van der Waals surface area (Å²) >= 11 is 0. The highest BCUT2D eigenvalue weighted by Crippen LogP contribution is 2.40. The van der Waals surface area contributed by atoms with Crippen molar-refractivity contribution in [3.8, 4) is 17.0 Å². The van der Waals surface area contributed by atoms with Crippen LogP contribution >= 0.6 is 0 Å². The molecule has 1 amide bonds. The van der Waals surface area contributed by atoms with Crippen LogP contribution in [0.4, 0.5) is 22.0 Å². The molecule has 0 saturated heterocycles. The Morgan fingerprint density at radius 1 is 0.957 bits per heavy atom. The third kappa shape index (κ3) is 8.27. The van der Waals surface area contributed by atoms with Gasteiger partial charge in [0.05, 0.1) is 30.5 Å². The molecule has 0 unspecified atom stereocenters. The van der Waals surface area contributed by atoms with Crippen molar-refractivity contribution in [3.05, 3.63) is 70.9 Å². The molecule has 252 valence electrons. The number of unbranched alkanes of at least 4 members (excludes halogenated alkanes) is 1. The van der Waals surface area contributed by atoms with Gasteiger partial charge in [-0.05, 0) is 67.6 Å². The maximum absolute atomic E-state index is 14.9. The van der Waals surface area contributed by atoms with E-state index in [-0.39, 0.29) is 42.6 Å².